The van der Waals surface area contributed by atoms with E-state index in [1.165, 1.54) is 0 Å². The molecule has 4 aromatic rings. The molecule has 0 unspecified atom stereocenters. The van der Waals surface area contributed by atoms with E-state index < -0.39 is 0 Å². The van der Waals surface area contributed by atoms with E-state index in [1.54, 1.807) is 17.5 Å². The summed E-state index contributed by atoms with van der Waals surface area (Å²) in [4.78, 5) is 22.8. The van der Waals surface area contributed by atoms with E-state index in [9.17, 15) is 4.79 Å². The molecule has 7 nitrogen and oxygen atoms in total. The number of anilines is 1. The molecule has 0 N–H and O–H groups in total. The topological polar surface area (TPSA) is 63.5 Å². The number of carbonyl (C=O) groups excluding carboxylic acids is 1. The number of ether oxygens (including phenoxy) is 1. The quantitative estimate of drug-likeness (QED) is 0.297. The van der Waals surface area contributed by atoms with Crippen LogP contribution in [0.15, 0.2) is 59.2 Å². The number of morpholine rings is 1. The molecule has 184 valence electrons. The number of halogens is 2. The van der Waals surface area contributed by atoms with Crippen LogP contribution in [-0.4, -0.2) is 65.0 Å². The van der Waals surface area contributed by atoms with Gasteiger partial charge in [0.15, 0.2) is 5.13 Å². The van der Waals surface area contributed by atoms with Crippen molar-refractivity contribution in [3.63, 3.8) is 0 Å². The summed E-state index contributed by atoms with van der Waals surface area (Å²) in [6.45, 7) is 6.87. The molecule has 5 rings (SSSR count). The van der Waals surface area contributed by atoms with Crippen LogP contribution in [0.25, 0.3) is 15.9 Å². The Bertz CT molecular complexity index is 1290. The number of fused-ring (bicyclic) bond motifs is 1. The molecule has 0 atom stereocenters. The van der Waals surface area contributed by atoms with Gasteiger partial charge in [-0.3, -0.25) is 14.6 Å². The van der Waals surface area contributed by atoms with Crippen molar-refractivity contribution in [3.05, 3.63) is 70.5 Å². The van der Waals surface area contributed by atoms with Crippen molar-refractivity contribution in [3.8, 4) is 5.69 Å². The van der Waals surface area contributed by atoms with Gasteiger partial charge in [0.25, 0.3) is 5.91 Å². The lowest BCUT2D eigenvalue weighted by molar-refractivity contribution is 0.0376. The first-order valence-electron chi connectivity index (χ1n) is 11.4. The van der Waals surface area contributed by atoms with Crippen LogP contribution in [0, 0.1) is 6.92 Å². The lowest BCUT2D eigenvalue weighted by Crippen LogP contribution is -2.39. The van der Waals surface area contributed by atoms with Gasteiger partial charge in [-0.05, 0) is 43.7 Å². The van der Waals surface area contributed by atoms with Gasteiger partial charge in [0.1, 0.15) is 0 Å². The average Bonchev–Trinajstić information content (AvgIpc) is 3.45. The summed E-state index contributed by atoms with van der Waals surface area (Å²) in [5, 5.41) is 5.23. The van der Waals surface area contributed by atoms with Gasteiger partial charge < -0.3 is 4.74 Å². The van der Waals surface area contributed by atoms with Crippen LogP contribution in [0.1, 0.15) is 22.5 Å². The number of hydrogen-bond acceptors (Lipinski definition) is 6. The maximum atomic E-state index is 13.8. The second-order valence-corrected chi connectivity index (χ2v) is 10.2. The summed E-state index contributed by atoms with van der Waals surface area (Å²) in [6.07, 6.45) is 2.53. The lowest BCUT2D eigenvalue weighted by Gasteiger charge is -2.27. The molecular formula is C25H27BrClN5O2S. The second kappa shape index (κ2) is 11.6. The Morgan fingerprint density at radius 2 is 1.94 bits per heavy atom. The van der Waals surface area contributed by atoms with E-state index in [0.29, 0.717) is 17.2 Å². The second-order valence-electron chi connectivity index (χ2n) is 8.26. The Balaban J connectivity index is 0.00000289. The molecule has 1 aliphatic rings. The highest BCUT2D eigenvalue weighted by Crippen LogP contribution is 2.32. The largest absolute Gasteiger partial charge is 0.379 e. The minimum Gasteiger partial charge on any atom is -0.379 e. The van der Waals surface area contributed by atoms with Gasteiger partial charge in [0.05, 0.1) is 46.6 Å². The number of para-hydroxylation sites is 1. The van der Waals surface area contributed by atoms with Crippen molar-refractivity contribution in [2.45, 2.75) is 13.3 Å². The van der Waals surface area contributed by atoms with Crippen molar-refractivity contribution in [1.29, 1.82) is 0 Å². The van der Waals surface area contributed by atoms with Crippen molar-refractivity contribution in [2.75, 3.05) is 44.3 Å². The number of rotatable bonds is 7. The number of hydrogen-bond donors (Lipinski definition) is 0. The molecule has 35 heavy (non-hydrogen) atoms. The lowest BCUT2D eigenvalue weighted by atomic mass is 10.2. The predicted molar refractivity (Wildman–Crippen MR) is 146 cm³/mol. The Hall–Kier alpha value is -2.30. The average molecular weight is 577 g/mol. The van der Waals surface area contributed by atoms with Gasteiger partial charge in [-0.2, -0.15) is 5.10 Å². The fourth-order valence-electron chi connectivity index (χ4n) is 4.16. The molecule has 1 fully saturated rings. The highest BCUT2D eigenvalue weighted by molar-refractivity contribution is 9.10. The fourth-order valence-corrected chi connectivity index (χ4v) is 5.70. The third kappa shape index (κ3) is 5.76. The molecule has 1 amide bonds. The van der Waals surface area contributed by atoms with Crippen LogP contribution < -0.4 is 4.90 Å². The summed E-state index contributed by atoms with van der Waals surface area (Å²) >= 11 is 5.08. The number of nitrogens with zero attached hydrogens (tertiary/aromatic N) is 5. The van der Waals surface area contributed by atoms with E-state index in [2.05, 4.69) is 25.9 Å². The van der Waals surface area contributed by atoms with Crippen molar-refractivity contribution in [2.24, 2.45) is 0 Å². The molecule has 10 heteroatoms. The molecule has 1 aliphatic heterocycles. The fraction of sp³-hybridized carbons (Fsp3) is 0.320. The first-order valence-corrected chi connectivity index (χ1v) is 13.0. The maximum Gasteiger partial charge on any atom is 0.263 e. The van der Waals surface area contributed by atoms with Crippen molar-refractivity contribution < 1.29 is 9.53 Å². The van der Waals surface area contributed by atoms with Gasteiger partial charge in [0, 0.05) is 30.7 Å². The van der Waals surface area contributed by atoms with Crippen LogP contribution in [0.5, 0.6) is 0 Å². The molecule has 0 saturated carbocycles. The number of thiazole rings is 1. The van der Waals surface area contributed by atoms with E-state index in [4.69, 9.17) is 9.72 Å². The summed E-state index contributed by atoms with van der Waals surface area (Å²) in [5.74, 6) is -0.0696. The Morgan fingerprint density at radius 1 is 1.17 bits per heavy atom. The molecule has 2 aromatic carbocycles. The first kappa shape index (κ1) is 25.8. The standard InChI is InChI=1S/C25H26BrN5O2S.ClH/c1-18-21(17-27-31(18)20-6-3-2-4-7-20)24(32)30(11-5-10-29-12-14-33-15-13-29)25-28-22-9-8-19(26)16-23(22)34-25;/h2-4,6-9,16-17H,5,10-15H2,1H3;1H. The minimum absolute atomic E-state index is 0. The SMILES string of the molecule is Cc1c(C(=O)N(CCCN2CCOCC2)c2nc3ccc(Br)cc3s2)cnn1-c1ccccc1.Cl. The molecule has 3 heterocycles. The van der Waals surface area contributed by atoms with Gasteiger partial charge >= 0.3 is 0 Å². The zero-order valence-corrected chi connectivity index (χ0v) is 22.6. The molecule has 2 aromatic heterocycles. The smallest absolute Gasteiger partial charge is 0.263 e. The van der Waals surface area contributed by atoms with Gasteiger partial charge in [-0.15, -0.1) is 12.4 Å². The van der Waals surface area contributed by atoms with E-state index in [-0.39, 0.29) is 18.3 Å². The van der Waals surface area contributed by atoms with Crippen LogP contribution in [0.4, 0.5) is 5.13 Å². The molecule has 0 spiro atoms. The number of benzene rings is 2. The molecule has 0 bridgehead atoms. The van der Waals surface area contributed by atoms with Crippen LogP contribution in [-0.2, 0) is 4.74 Å². The molecular weight excluding hydrogens is 550 g/mol. The maximum absolute atomic E-state index is 13.8. The monoisotopic (exact) mass is 575 g/mol. The highest BCUT2D eigenvalue weighted by atomic mass is 79.9. The summed E-state index contributed by atoms with van der Waals surface area (Å²) in [7, 11) is 0. The van der Waals surface area contributed by atoms with Crippen LogP contribution >= 0.6 is 39.7 Å². The summed E-state index contributed by atoms with van der Waals surface area (Å²) in [6, 6.07) is 15.9. The Kier molecular flexibility index (Phi) is 8.56. The van der Waals surface area contributed by atoms with Gasteiger partial charge in [-0.1, -0.05) is 45.5 Å². The first-order chi connectivity index (χ1) is 16.6. The van der Waals surface area contributed by atoms with Crippen molar-refractivity contribution >= 4 is 60.9 Å². The van der Waals surface area contributed by atoms with Crippen LogP contribution in [0.3, 0.4) is 0 Å². The third-order valence-corrected chi connectivity index (χ3v) is 7.55. The number of carbonyl (C=O) groups is 1. The van der Waals surface area contributed by atoms with Crippen molar-refractivity contribution in [1.82, 2.24) is 19.7 Å². The van der Waals surface area contributed by atoms with Crippen LogP contribution in [0.2, 0.25) is 0 Å². The Labute approximate surface area is 223 Å². The Morgan fingerprint density at radius 3 is 2.71 bits per heavy atom. The number of aromatic nitrogens is 3. The third-order valence-electron chi connectivity index (χ3n) is 6.02. The van der Waals surface area contributed by atoms with Gasteiger partial charge in [-0.25, -0.2) is 9.67 Å². The predicted octanol–water partition coefficient (Wildman–Crippen LogP) is 5.34. The molecule has 1 saturated heterocycles. The van der Waals surface area contributed by atoms with Gasteiger partial charge in [0.2, 0.25) is 0 Å². The molecule has 0 aliphatic carbocycles. The van der Waals surface area contributed by atoms with E-state index in [0.717, 1.165) is 65.3 Å². The van der Waals surface area contributed by atoms with E-state index >= 15 is 0 Å². The zero-order valence-electron chi connectivity index (χ0n) is 19.4. The van der Waals surface area contributed by atoms with E-state index in [1.807, 2.05) is 65.0 Å². The number of amides is 1. The zero-order chi connectivity index (χ0) is 23.5. The summed E-state index contributed by atoms with van der Waals surface area (Å²) in [5.41, 5.74) is 3.24. The highest BCUT2D eigenvalue weighted by Gasteiger charge is 2.25. The summed E-state index contributed by atoms with van der Waals surface area (Å²) < 4.78 is 9.32. The molecule has 0 radical (unpaired) electrons. The normalized spacial score (nSPS) is 14.1. The minimum atomic E-state index is -0.0696.